The van der Waals surface area contributed by atoms with Gasteiger partial charge in [-0.25, -0.2) is 0 Å². The largest absolute Gasteiger partial charge is 0.465 e. The van der Waals surface area contributed by atoms with E-state index in [1.165, 1.54) is 23.6 Å². The average molecular weight is 469 g/mol. The highest BCUT2D eigenvalue weighted by atomic mass is 32.2. The van der Waals surface area contributed by atoms with Crippen LogP contribution in [0.1, 0.15) is 27.7 Å². The molecule has 2 fully saturated rings. The Morgan fingerprint density at radius 2 is 1.25 bits per heavy atom. The summed E-state index contributed by atoms with van der Waals surface area (Å²) in [5, 5.41) is 20.0. The van der Waals surface area contributed by atoms with Gasteiger partial charge in [-0.2, -0.15) is 0 Å². The van der Waals surface area contributed by atoms with E-state index in [0.29, 0.717) is 8.64 Å². The molecule has 0 aromatic heterocycles. The standard InChI is InChI=1S/C16H24N2O6S4/c1-5-23-11(19)9-15(3,21)17(13(25)27-9)7-8-18-14(26)28-10(16(18,4)22)12(20)24-6-2/h9-10,21-22H,5-8H2,1-4H3. The minimum Gasteiger partial charge on any atom is -0.465 e. The fourth-order valence-corrected chi connectivity index (χ4v) is 6.39. The van der Waals surface area contributed by atoms with Crippen molar-refractivity contribution in [3.8, 4) is 0 Å². The number of ether oxygens (including phenoxy) is 2. The van der Waals surface area contributed by atoms with Crippen molar-refractivity contribution in [3.05, 3.63) is 0 Å². The van der Waals surface area contributed by atoms with Gasteiger partial charge in [0.2, 0.25) is 0 Å². The summed E-state index contributed by atoms with van der Waals surface area (Å²) in [7, 11) is 0. The van der Waals surface area contributed by atoms with E-state index in [1.807, 2.05) is 0 Å². The molecule has 0 spiro atoms. The lowest BCUT2D eigenvalue weighted by molar-refractivity contribution is -0.154. The van der Waals surface area contributed by atoms with Crippen molar-refractivity contribution in [3.63, 3.8) is 0 Å². The molecule has 0 radical (unpaired) electrons. The maximum atomic E-state index is 12.1. The van der Waals surface area contributed by atoms with Gasteiger partial charge >= 0.3 is 11.9 Å². The van der Waals surface area contributed by atoms with Crippen LogP contribution < -0.4 is 0 Å². The van der Waals surface area contributed by atoms with Gasteiger partial charge in [0.15, 0.2) is 21.9 Å². The van der Waals surface area contributed by atoms with Crippen LogP contribution in [-0.4, -0.2) is 88.8 Å². The van der Waals surface area contributed by atoms with E-state index in [1.54, 1.807) is 13.8 Å². The third-order valence-corrected chi connectivity index (χ3v) is 8.12. The van der Waals surface area contributed by atoms with Crippen molar-refractivity contribution in [1.29, 1.82) is 0 Å². The Morgan fingerprint density at radius 1 is 0.929 bits per heavy atom. The van der Waals surface area contributed by atoms with E-state index >= 15 is 0 Å². The third kappa shape index (κ3) is 4.41. The van der Waals surface area contributed by atoms with Crippen LogP contribution in [0.2, 0.25) is 0 Å². The maximum Gasteiger partial charge on any atom is 0.324 e. The number of nitrogens with zero attached hydrogens (tertiary/aromatic N) is 2. The molecule has 158 valence electrons. The number of thiocarbonyl (C=S) groups is 2. The number of thioether (sulfide) groups is 2. The summed E-state index contributed by atoms with van der Waals surface area (Å²) in [6, 6.07) is 0. The number of aliphatic hydroxyl groups is 2. The maximum absolute atomic E-state index is 12.1. The van der Waals surface area contributed by atoms with Gasteiger partial charge in [-0.1, -0.05) is 48.0 Å². The number of rotatable bonds is 7. The molecule has 0 aromatic carbocycles. The van der Waals surface area contributed by atoms with Gasteiger partial charge in [-0.05, 0) is 27.7 Å². The number of esters is 2. The summed E-state index contributed by atoms with van der Waals surface area (Å²) >= 11 is 12.8. The van der Waals surface area contributed by atoms with E-state index in [2.05, 4.69) is 0 Å². The summed E-state index contributed by atoms with van der Waals surface area (Å²) in [5.41, 5.74) is -3.09. The van der Waals surface area contributed by atoms with Crippen LogP contribution in [0.5, 0.6) is 0 Å². The van der Waals surface area contributed by atoms with Gasteiger partial charge in [-0.15, -0.1) is 0 Å². The quantitative estimate of drug-likeness (QED) is 0.411. The van der Waals surface area contributed by atoms with Crippen LogP contribution in [0.25, 0.3) is 0 Å². The molecule has 4 unspecified atom stereocenters. The molecule has 2 heterocycles. The van der Waals surface area contributed by atoms with Gasteiger partial charge in [0.05, 0.1) is 13.2 Å². The van der Waals surface area contributed by atoms with Crippen molar-refractivity contribution in [2.45, 2.75) is 49.6 Å². The van der Waals surface area contributed by atoms with Gasteiger partial charge < -0.3 is 29.5 Å². The van der Waals surface area contributed by atoms with Crippen molar-refractivity contribution < 1.29 is 29.3 Å². The summed E-state index contributed by atoms with van der Waals surface area (Å²) < 4.78 is 10.7. The molecule has 8 nitrogen and oxygen atoms in total. The minimum absolute atomic E-state index is 0.196. The fourth-order valence-electron chi connectivity index (χ4n) is 3.02. The van der Waals surface area contributed by atoms with E-state index in [9.17, 15) is 19.8 Å². The Bertz CT molecular complexity index is 616. The molecule has 2 rings (SSSR count). The van der Waals surface area contributed by atoms with Crippen molar-refractivity contribution in [2.24, 2.45) is 0 Å². The highest BCUT2D eigenvalue weighted by Crippen LogP contribution is 2.41. The summed E-state index contributed by atoms with van der Waals surface area (Å²) in [4.78, 5) is 27.3. The Hall–Kier alpha value is -0.660. The van der Waals surface area contributed by atoms with Crippen molar-refractivity contribution in [2.75, 3.05) is 26.3 Å². The lowest BCUT2D eigenvalue weighted by atomic mass is 10.1. The average Bonchev–Trinajstić information content (AvgIpc) is 2.96. The molecule has 2 aliphatic rings. The second-order valence-electron chi connectivity index (χ2n) is 6.52. The summed E-state index contributed by atoms with van der Waals surface area (Å²) in [6.45, 7) is 7.18. The molecule has 0 aliphatic carbocycles. The first-order valence-electron chi connectivity index (χ1n) is 8.72. The van der Waals surface area contributed by atoms with Gasteiger partial charge in [0, 0.05) is 13.1 Å². The predicted molar refractivity (Wildman–Crippen MR) is 116 cm³/mol. The lowest BCUT2D eigenvalue weighted by Crippen LogP contribution is -2.56. The molecule has 4 atom stereocenters. The highest BCUT2D eigenvalue weighted by Gasteiger charge is 2.54. The topological polar surface area (TPSA) is 99.5 Å². The van der Waals surface area contributed by atoms with Crippen LogP contribution in [0.4, 0.5) is 0 Å². The Kier molecular flexibility index (Phi) is 7.59. The Labute approximate surface area is 183 Å². The molecule has 0 amide bonds. The summed E-state index contributed by atoms with van der Waals surface area (Å²) in [5.74, 6) is -1.08. The summed E-state index contributed by atoms with van der Waals surface area (Å²) in [6.07, 6.45) is 0. The zero-order chi connectivity index (χ0) is 21.3. The predicted octanol–water partition coefficient (Wildman–Crippen LogP) is 0.934. The van der Waals surface area contributed by atoms with Crippen LogP contribution >= 0.6 is 48.0 Å². The van der Waals surface area contributed by atoms with E-state index in [-0.39, 0.29) is 26.3 Å². The van der Waals surface area contributed by atoms with Crippen LogP contribution in [0.15, 0.2) is 0 Å². The highest BCUT2D eigenvalue weighted by molar-refractivity contribution is 8.24. The van der Waals surface area contributed by atoms with Crippen molar-refractivity contribution in [1.82, 2.24) is 9.80 Å². The Morgan fingerprint density at radius 3 is 1.54 bits per heavy atom. The molecule has 0 aromatic rings. The van der Waals surface area contributed by atoms with Gasteiger partial charge in [0.25, 0.3) is 0 Å². The molecule has 28 heavy (non-hydrogen) atoms. The third-order valence-electron chi connectivity index (χ3n) is 4.51. The van der Waals surface area contributed by atoms with Crippen LogP contribution in [0.3, 0.4) is 0 Å². The van der Waals surface area contributed by atoms with E-state index in [4.69, 9.17) is 33.9 Å². The second-order valence-corrected chi connectivity index (χ2v) is 10.0. The number of carbonyl (C=O) groups is 2. The van der Waals surface area contributed by atoms with Crippen LogP contribution in [0, 0.1) is 0 Å². The molecule has 2 aliphatic heterocycles. The lowest BCUT2D eigenvalue weighted by Gasteiger charge is -2.37. The van der Waals surface area contributed by atoms with Crippen molar-refractivity contribution >= 4 is 68.5 Å². The molecule has 12 heteroatoms. The number of carbonyl (C=O) groups excluding carboxylic acids is 2. The van der Waals surface area contributed by atoms with Gasteiger partial charge in [0.1, 0.15) is 8.64 Å². The molecular formula is C16H24N2O6S4. The Balaban J connectivity index is 2.10. The monoisotopic (exact) mass is 468 g/mol. The zero-order valence-electron chi connectivity index (χ0n) is 16.0. The first kappa shape index (κ1) is 23.6. The first-order valence-corrected chi connectivity index (χ1v) is 11.3. The minimum atomic E-state index is -1.55. The molecule has 0 bridgehead atoms. The first-order chi connectivity index (χ1) is 13.0. The number of hydrogen-bond acceptors (Lipinski definition) is 10. The SMILES string of the molecule is CCOC(=O)C1SC(=S)N(CCN2C(=S)SC(C(=O)OCC)C2(C)O)C1(C)O. The van der Waals surface area contributed by atoms with E-state index in [0.717, 1.165) is 23.5 Å². The number of hydrogen-bond donors (Lipinski definition) is 2. The van der Waals surface area contributed by atoms with Crippen LogP contribution in [-0.2, 0) is 19.1 Å². The zero-order valence-corrected chi connectivity index (χ0v) is 19.3. The van der Waals surface area contributed by atoms with E-state index < -0.39 is 33.9 Å². The smallest absolute Gasteiger partial charge is 0.324 e. The molecule has 0 saturated carbocycles. The molecule has 2 N–H and O–H groups in total. The fraction of sp³-hybridized carbons (Fsp3) is 0.750. The van der Waals surface area contributed by atoms with Gasteiger partial charge in [-0.3, -0.25) is 9.59 Å². The normalized spacial score (nSPS) is 32.8. The second kappa shape index (κ2) is 9.00. The molecule has 2 saturated heterocycles. The molecular weight excluding hydrogens is 444 g/mol.